The van der Waals surface area contributed by atoms with Crippen molar-refractivity contribution in [3.8, 4) is 0 Å². The van der Waals surface area contributed by atoms with E-state index in [9.17, 15) is 0 Å². The third-order valence-electron chi connectivity index (χ3n) is 5.77. The Balaban J connectivity index is 0.00000220. The number of halogens is 2. The van der Waals surface area contributed by atoms with Gasteiger partial charge in [-0.05, 0) is 0 Å². The zero-order chi connectivity index (χ0) is 15.3. The summed E-state index contributed by atoms with van der Waals surface area (Å²) in [7, 11) is 0. The van der Waals surface area contributed by atoms with Crippen molar-refractivity contribution in [2.75, 3.05) is 0 Å². The first-order valence-electron chi connectivity index (χ1n) is 7.76. The molecule has 0 nitrogen and oxygen atoms in total. The molecule has 123 valence electrons. The molecule has 0 heterocycles. The van der Waals surface area contributed by atoms with E-state index in [1.165, 1.54) is 11.1 Å². The summed E-state index contributed by atoms with van der Waals surface area (Å²) in [6.45, 7) is 19.7. The molecule has 4 heteroatoms. The molecule has 0 aromatic heterocycles. The van der Waals surface area contributed by atoms with Crippen LogP contribution in [0.15, 0.2) is 46.6 Å². The zero-order valence-electron chi connectivity index (χ0n) is 15.1. The van der Waals surface area contributed by atoms with Crippen molar-refractivity contribution in [2.24, 2.45) is 0 Å². The van der Waals surface area contributed by atoms with Crippen LogP contribution in [0.3, 0.4) is 0 Å². The fourth-order valence-corrected chi connectivity index (χ4v) is 34.9. The molecule has 0 saturated carbocycles. The van der Waals surface area contributed by atoms with Gasteiger partial charge in [-0.2, -0.15) is 0 Å². The SMILES string of the molecule is CC1=C(C)[C](C)([Zr+2]([SiH](C)C)[C]2(C)C=CC(C)=C2C)C=C1.[Cl-].[Cl-]. The molecule has 0 bridgehead atoms. The Morgan fingerprint density at radius 1 is 0.773 bits per heavy atom. The van der Waals surface area contributed by atoms with Crippen LogP contribution in [0.4, 0.5) is 0 Å². The second-order valence-corrected chi connectivity index (χ2v) is 28.6. The molecular formula is C18H29Cl2SiZr. The predicted octanol–water partition coefficient (Wildman–Crippen LogP) is -0.234. The first kappa shape index (κ1) is 22.6. The van der Waals surface area contributed by atoms with Crippen LogP contribution >= 0.6 is 0 Å². The fourth-order valence-electron chi connectivity index (χ4n) is 4.22. The van der Waals surface area contributed by atoms with Crippen molar-refractivity contribution in [3.05, 3.63) is 46.6 Å². The van der Waals surface area contributed by atoms with Gasteiger partial charge in [0.25, 0.3) is 0 Å². The summed E-state index contributed by atoms with van der Waals surface area (Å²) in [5, 5.41) is 0. The Bertz CT molecular complexity index is 513. The van der Waals surface area contributed by atoms with Crippen LogP contribution in [-0.4, -0.2) is 5.92 Å². The maximum atomic E-state index is 2.61. The number of rotatable bonds is 3. The molecule has 22 heavy (non-hydrogen) atoms. The average Bonchev–Trinajstić information content (AvgIpc) is 2.76. The molecule has 0 saturated heterocycles. The molecule has 2 rings (SSSR count). The van der Waals surface area contributed by atoms with Gasteiger partial charge < -0.3 is 24.8 Å². The molecule has 0 radical (unpaired) electrons. The van der Waals surface area contributed by atoms with Gasteiger partial charge in [-0.25, -0.2) is 0 Å². The van der Waals surface area contributed by atoms with Gasteiger partial charge in [0.15, 0.2) is 0 Å². The Kier molecular flexibility index (Phi) is 7.91. The maximum absolute atomic E-state index is 2.61. The number of hydrogen-bond donors (Lipinski definition) is 0. The van der Waals surface area contributed by atoms with Gasteiger partial charge in [-0.3, -0.25) is 0 Å². The first-order chi connectivity index (χ1) is 9.14. The van der Waals surface area contributed by atoms with Crippen LogP contribution in [0.1, 0.15) is 41.5 Å². The van der Waals surface area contributed by atoms with Crippen LogP contribution in [0.5, 0.6) is 0 Å². The van der Waals surface area contributed by atoms with E-state index in [1.54, 1.807) is 11.1 Å². The third-order valence-corrected chi connectivity index (χ3v) is 30.7. The van der Waals surface area contributed by atoms with Crippen LogP contribution in [-0.2, 0) is 20.9 Å². The van der Waals surface area contributed by atoms with Crippen LogP contribution in [0.2, 0.25) is 19.3 Å². The number of allylic oxidation sites excluding steroid dienone is 8. The van der Waals surface area contributed by atoms with Crippen molar-refractivity contribution in [1.29, 1.82) is 0 Å². The van der Waals surface area contributed by atoms with Crippen molar-refractivity contribution in [2.45, 2.75) is 60.9 Å². The number of hydrogen-bond acceptors (Lipinski definition) is 0. The molecule has 0 aliphatic heterocycles. The molecule has 0 amide bonds. The molecule has 2 aliphatic carbocycles. The molecule has 0 spiro atoms. The van der Waals surface area contributed by atoms with Gasteiger partial charge in [-0.15, -0.1) is 0 Å². The third kappa shape index (κ3) is 3.37. The first-order valence-corrected chi connectivity index (χ1v) is 17.4. The monoisotopic (exact) mass is 433 g/mol. The Morgan fingerprint density at radius 3 is 1.27 bits per heavy atom. The summed E-state index contributed by atoms with van der Waals surface area (Å²) in [5.41, 5.74) is 6.37. The van der Waals surface area contributed by atoms with E-state index in [4.69, 9.17) is 0 Å². The maximum Gasteiger partial charge on any atom is -1.00 e. The summed E-state index contributed by atoms with van der Waals surface area (Å²) in [4.78, 5) is 0. The molecule has 2 unspecified atom stereocenters. The van der Waals surface area contributed by atoms with Crippen molar-refractivity contribution in [3.63, 3.8) is 0 Å². The molecule has 0 N–H and O–H groups in total. The minimum Gasteiger partial charge on any atom is -1.00 e. The standard InChI is InChI=1S/2C8H11.C2H7Si.2ClH.Zr/c2*1-6-4-5-7(2)8(6)3;1-3-2;;;/h2*4-5H,1-3H3;3H,1-2H3;2*1H;/q;;;;;+2/p-2. The minimum atomic E-state index is -1.70. The van der Waals surface area contributed by atoms with E-state index in [0.717, 1.165) is 0 Å². The summed E-state index contributed by atoms with van der Waals surface area (Å²) in [6.07, 6.45) is 9.92. The Morgan fingerprint density at radius 2 is 1.09 bits per heavy atom. The second kappa shape index (κ2) is 7.68. The summed E-state index contributed by atoms with van der Waals surface area (Å²) in [6, 6.07) is 0. The predicted molar refractivity (Wildman–Crippen MR) is 90.6 cm³/mol. The van der Waals surface area contributed by atoms with Gasteiger partial charge in [0.05, 0.1) is 0 Å². The van der Waals surface area contributed by atoms with Crippen LogP contribution < -0.4 is 24.8 Å². The smallest absolute Gasteiger partial charge is 1.00 e. The summed E-state index contributed by atoms with van der Waals surface area (Å²) >= 11 is -1.70. The van der Waals surface area contributed by atoms with Gasteiger partial charge >= 0.3 is 134 Å². The van der Waals surface area contributed by atoms with Gasteiger partial charge in [0.1, 0.15) is 0 Å². The van der Waals surface area contributed by atoms with Crippen molar-refractivity contribution >= 4 is 5.92 Å². The Hall–Kier alpha value is 0.640. The normalized spacial score (nSPS) is 30.0. The molecule has 0 aromatic carbocycles. The average molecular weight is 436 g/mol. The molecule has 0 aromatic rings. The van der Waals surface area contributed by atoms with Crippen LogP contribution in [0, 0.1) is 0 Å². The summed E-state index contributed by atoms with van der Waals surface area (Å²) in [5.74, 6) is -0.632. The molecule has 2 atom stereocenters. The molecule has 2 aliphatic rings. The minimum absolute atomic E-state index is 0. The largest absolute Gasteiger partial charge is 1.00 e. The zero-order valence-corrected chi connectivity index (χ0v) is 20.3. The molecular weight excluding hydrogens is 406 g/mol. The quantitative estimate of drug-likeness (QED) is 0.537. The molecule has 0 fully saturated rings. The van der Waals surface area contributed by atoms with Crippen molar-refractivity contribution in [1.82, 2.24) is 0 Å². The van der Waals surface area contributed by atoms with E-state index in [1.807, 2.05) is 0 Å². The van der Waals surface area contributed by atoms with Gasteiger partial charge in [0, 0.05) is 0 Å². The van der Waals surface area contributed by atoms with E-state index in [-0.39, 0.29) is 24.8 Å². The Labute approximate surface area is 158 Å². The van der Waals surface area contributed by atoms with E-state index < -0.39 is 26.8 Å². The fraction of sp³-hybridized carbons (Fsp3) is 0.556. The van der Waals surface area contributed by atoms with E-state index >= 15 is 0 Å². The topological polar surface area (TPSA) is 0 Å². The van der Waals surface area contributed by atoms with E-state index in [2.05, 4.69) is 78.9 Å². The van der Waals surface area contributed by atoms with E-state index in [0.29, 0.717) is 6.25 Å². The summed E-state index contributed by atoms with van der Waals surface area (Å²) < 4.78 is 0.857. The van der Waals surface area contributed by atoms with Crippen LogP contribution in [0.25, 0.3) is 0 Å². The van der Waals surface area contributed by atoms with Crippen molar-refractivity contribution < 1.29 is 45.7 Å². The van der Waals surface area contributed by atoms with Gasteiger partial charge in [0.2, 0.25) is 0 Å². The van der Waals surface area contributed by atoms with Gasteiger partial charge in [-0.1, -0.05) is 0 Å². The second-order valence-electron chi connectivity index (χ2n) is 7.26.